The van der Waals surface area contributed by atoms with E-state index in [2.05, 4.69) is 10.6 Å². The number of hydrogen-bond acceptors (Lipinski definition) is 7. The molecular weight excluding hydrogens is 482 g/mol. The van der Waals surface area contributed by atoms with Crippen molar-refractivity contribution < 1.29 is 24.0 Å². The predicted molar refractivity (Wildman–Crippen MR) is 138 cm³/mol. The van der Waals surface area contributed by atoms with Crippen LogP contribution in [0.1, 0.15) is 41.0 Å². The molecule has 0 saturated heterocycles. The van der Waals surface area contributed by atoms with Gasteiger partial charge in [0.1, 0.15) is 0 Å². The third kappa shape index (κ3) is 7.16. The summed E-state index contributed by atoms with van der Waals surface area (Å²) in [5.74, 6) is -1.09. The van der Waals surface area contributed by atoms with Crippen LogP contribution in [0.3, 0.4) is 0 Å². The number of thioether (sulfide) groups is 1. The van der Waals surface area contributed by atoms with E-state index in [1.165, 1.54) is 36.0 Å². The highest BCUT2D eigenvalue weighted by Crippen LogP contribution is 2.29. The molecule has 0 aliphatic rings. The zero-order valence-electron chi connectivity index (χ0n) is 19.7. The predicted octanol–water partition coefficient (Wildman–Crippen LogP) is 5.53. The highest BCUT2D eigenvalue weighted by molar-refractivity contribution is 8.00. The van der Waals surface area contributed by atoms with Crippen molar-refractivity contribution in [1.82, 2.24) is 0 Å². The largest absolute Gasteiger partial charge is 0.462 e. The van der Waals surface area contributed by atoms with Crippen molar-refractivity contribution in [2.45, 2.75) is 30.4 Å². The van der Waals surface area contributed by atoms with Crippen molar-refractivity contribution in [3.63, 3.8) is 0 Å². The van der Waals surface area contributed by atoms with Crippen LogP contribution in [0.5, 0.6) is 0 Å². The van der Waals surface area contributed by atoms with E-state index in [1.54, 1.807) is 49.4 Å². The van der Waals surface area contributed by atoms with Crippen LogP contribution in [0.4, 0.5) is 17.1 Å². The molecule has 36 heavy (non-hydrogen) atoms. The lowest BCUT2D eigenvalue weighted by Crippen LogP contribution is -2.24. The van der Waals surface area contributed by atoms with Crippen molar-refractivity contribution in [3.05, 3.63) is 94.0 Å². The van der Waals surface area contributed by atoms with E-state index < -0.39 is 22.0 Å². The number of nitrogens with zero attached hydrogens (tertiary/aromatic N) is 1. The summed E-state index contributed by atoms with van der Waals surface area (Å²) in [5, 5.41) is 16.2. The monoisotopic (exact) mass is 507 g/mol. The molecule has 0 saturated carbocycles. The van der Waals surface area contributed by atoms with Gasteiger partial charge in [-0.15, -0.1) is 11.8 Å². The van der Waals surface area contributed by atoms with E-state index in [0.717, 1.165) is 4.90 Å². The van der Waals surface area contributed by atoms with Gasteiger partial charge in [-0.2, -0.15) is 0 Å². The van der Waals surface area contributed by atoms with Gasteiger partial charge in [0.15, 0.2) is 0 Å². The molecule has 3 aromatic rings. The SMILES string of the molecule is CCOC(=O)c1ccc(NC(=O)C(CC)Sc2cccc(NC(=O)c3cccc([N+](=O)[O-])c3)c2)cc1. The summed E-state index contributed by atoms with van der Waals surface area (Å²) in [6, 6.07) is 19.0. The minimum absolute atomic E-state index is 0.167. The summed E-state index contributed by atoms with van der Waals surface area (Å²) in [6.07, 6.45) is 0.557. The molecule has 10 heteroatoms. The number of rotatable bonds is 10. The minimum atomic E-state index is -0.557. The summed E-state index contributed by atoms with van der Waals surface area (Å²) >= 11 is 1.35. The molecular formula is C26H25N3O6S. The highest BCUT2D eigenvalue weighted by atomic mass is 32.2. The maximum atomic E-state index is 12.9. The number of carbonyl (C=O) groups excluding carboxylic acids is 3. The van der Waals surface area contributed by atoms with E-state index in [-0.39, 0.29) is 23.8 Å². The fourth-order valence-electron chi connectivity index (χ4n) is 3.22. The summed E-state index contributed by atoms with van der Waals surface area (Å²) < 4.78 is 4.96. The van der Waals surface area contributed by atoms with Crippen molar-refractivity contribution in [1.29, 1.82) is 0 Å². The Hall–Kier alpha value is -4.18. The molecule has 0 aliphatic carbocycles. The lowest BCUT2D eigenvalue weighted by Gasteiger charge is -2.16. The molecule has 9 nitrogen and oxygen atoms in total. The first-order chi connectivity index (χ1) is 17.3. The fourth-order valence-corrected chi connectivity index (χ4v) is 4.24. The standard InChI is InChI=1S/C26H25N3O6S/c1-3-23(25(31)27-19-13-11-17(12-14-19)26(32)35-4-2)36-22-10-6-8-20(16-22)28-24(30)18-7-5-9-21(15-18)29(33)34/h5-16,23H,3-4H2,1-2H3,(H,27,31)(H,28,30). The number of esters is 1. The van der Waals surface area contributed by atoms with E-state index in [9.17, 15) is 24.5 Å². The molecule has 186 valence electrons. The molecule has 3 rings (SSSR count). The second kappa shape index (κ2) is 12.5. The second-order valence-electron chi connectivity index (χ2n) is 7.59. The van der Waals surface area contributed by atoms with E-state index in [1.807, 2.05) is 13.0 Å². The van der Waals surface area contributed by atoms with Crippen molar-refractivity contribution in [2.75, 3.05) is 17.2 Å². The average Bonchev–Trinajstić information content (AvgIpc) is 2.88. The third-order valence-corrected chi connectivity index (χ3v) is 6.37. The van der Waals surface area contributed by atoms with Crippen LogP contribution in [-0.2, 0) is 9.53 Å². The summed E-state index contributed by atoms with van der Waals surface area (Å²) in [4.78, 5) is 48.4. The zero-order valence-corrected chi connectivity index (χ0v) is 20.5. The number of amides is 2. The quantitative estimate of drug-likeness (QED) is 0.160. The van der Waals surface area contributed by atoms with Gasteiger partial charge in [-0.25, -0.2) is 4.79 Å². The highest BCUT2D eigenvalue weighted by Gasteiger charge is 2.19. The molecule has 0 aliphatic heterocycles. The lowest BCUT2D eigenvalue weighted by molar-refractivity contribution is -0.384. The number of carbonyl (C=O) groups is 3. The Morgan fingerprint density at radius 3 is 2.31 bits per heavy atom. The van der Waals surface area contributed by atoms with Gasteiger partial charge in [-0.05, 0) is 61.9 Å². The number of non-ortho nitro benzene ring substituents is 1. The molecule has 0 fully saturated rings. The van der Waals surface area contributed by atoms with Crippen LogP contribution in [0, 0.1) is 10.1 Å². The van der Waals surface area contributed by atoms with Gasteiger partial charge in [0.05, 0.1) is 22.3 Å². The number of nitro groups is 1. The average molecular weight is 508 g/mol. The zero-order chi connectivity index (χ0) is 26.1. The molecule has 2 N–H and O–H groups in total. The summed E-state index contributed by atoms with van der Waals surface area (Å²) in [5.41, 5.74) is 1.47. The smallest absolute Gasteiger partial charge is 0.338 e. The molecule has 0 bridgehead atoms. The molecule has 0 aromatic heterocycles. The van der Waals surface area contributed by atoms with Crippen molar-refractivity contribution in [2.24, 2.45) is 0 Å². The van der Waals surface area contributed by atoms with Gasteiger partial charge < -0.3 is 15.4 Å². The van der Waals surface area contributed by atoms with Gasteiger partial charge in [0, 0.05) is 34.0 Å². The lowest BCUT2D eigenvalue weighted by atomic mass is 10.2. The number of ether oxygens (including phenoxy) is 1. The minimum Gasteiger partial charge on any atom is -0.462 e. The van der Waals surface area contributed by atoms with Crippen LogP contribution in [0.25, 0.3) is 0 Å². The first-order valence-corrected chi connectivity index (χ1v) is 12.1. The van der Waals surface area contributed by atoms with Gasteiger partial charge in [0.2, 0.25) is 5.91 Å². The van der Waals surface area contributed by atoms with Gasteiger partial charge in [-0.1, -0.05) is 19.1 Å². The molecule has 1 atom stereocenters. The Morgan fingerprint density at radius 2 is 1.64 bits per heavy atom. The van der Waals surface area contributed by atoms with Crippen LogP contribution in [0.15, 0.2) is 77.7 Å². The fraction of sp³-hybridized carbons (Fsp3) is 0.192. The van der Waals surface area contributed by atoms with Crippen LogP contribution in [0.2, 0.25) is 0 Å². The van der Waals surface area contributed by atoms with Crippen LogP contribution >= 0.6 is 11.8 Å². The molecule has 0 spiro atoms. The maximum Gasteiger partial charge on any atom is 0.338 e. The number of benzene rings is 3. The number of nitrogens with one attached hydrogen (secondary N) is 2. The number of hydrogen-bond donors (Lipinski definition) is 2. The molecule has 0 radical (unpaired) electrons. The molecule has 1 unspecified atom stereocenters. The summed E-state index contributed by atoms with van der Waals surface area (Å²) in [6.45, 7) is 3.91. The van der Waals surface area contributed by atoms with Gasteiger partial charge in [-0.3, -0.25) is 19.7 Å². The molecule has 0 heterocycles. The van der Waals surface area contributed by atoms with Crippen LogP contribution < -0.4 is 10.6 Å². The van der Waals surface area contributed by atoms with Gasteiger partial charge >= 0.3 is 5.97 Å². The van der Waals surface area contributed by atoms with Crippen molar-refractivity contribution in [3.8, 4) is 0 Å². The Labute approximate surface area is 212 Å². The number of nitro benzene ring substituents is 1. The summed E-state index contributed by atoms with van der Waals surface area (Å²) in [7, 11) is 0. The van der Waals surface area contributed by atoms with Gasteiger partial charge in [0.25, 0.3) is 11.6 Å². The molecule has 2 amide bonds. The first-order valence-electron chi connectivity index (χ1n) is 11.2. The van der Waals surface area contributed by atoms with E-state index in [0.29, 0.717) is 23.4 Å². The second-order valence-corrected chi connectivity index (χ2v) is 8.87. The van der Waals surface area contributed by atoms with E-state index in [4.69, 9.17) is 4.74 Å². The third-order valence-electron chi connectivity index (χ3n) is 5.02. The normalized spacial score (nSPS) is 11.3. The Balaban J connectivity index is 1.64. The maximum absolute atomic E-state index is 12.9. The molecule has 3 aromatic carbocycles. The Morgan fingerprint density at radius 1 is 0.917 bits per heavy atom. The first kappa shape index (κ1) is 26.4. The van der Waals surface area contributed by atoms with Crippen molar-refractivity contribution >= 4 is 46.6 Å². The van der Waals surface area contributed by atoms with Crippen LogP contribution in [-0.4, -0.2) is 34.6 Å². The Bertz CT molecular complexity index is 1260. The topological polar surface area (TPSA) is 128 Å². The number of anilines is 2. The van der Waals surface area contributed by atoms with E-state index >= 15 is 0 Å². The Kier molecular flexibility index (Phi) is 9.18.